The smallest absolute Gasteiger partial charge is 0.218 e. The summed E-state index contributed by atoms with van der Waals surface area (Å²) in [6, 6.07) is 0. The number of carbonyl (C=O) groups is 1. The molecule has 56 valence electrons. The Kier molecular flexibility index (Phi) is 12.2. The molecule has 0 aromatic heterocycles. The highest BCUT2D eigenvalue weighted by Gasteiger charge is 1.87. The molecule has 0 atom stereocenters. The number of amides is 1. The van der Waals surface area contributed by atoms with Gasteiger partial charge in [0.05, 0.1) is 0 Å². The zero-order valence-corrected chi connectivity index (χ0v) is 10.1. The molecule has 0 saturated carbocycles. The van der Waals surface area contributed by atoms with Crippen LogP contribution in [0, 0.1) is 0 Å². The molecular formula is C5H11I2NO. The van der Waals surface area contributed by atoms with Crippen LogP contribution in [0.15, 0.2) is 0 Å². The van der Waals surface area contributed by atoms with Crippen molar-refractivity contribution < 1.29 is 4.79 Å². The quantitative estimate of drug-likeness (QED) is 0.608. The first kappa shape index (κ1) is 12.5. The highest BCUT2D eigenvalue weighted by Crippen LogP contribution is 2.00. The Morgan fingerprint density at radius 2 is 1.78 bits per heavy atom. The highest BCUT2D eigenvalue weighted by molar-refractivity contribution is 15.0. The van der Waals surface area contributed by atoms with Crippen molar-refractivity contribution in [2.45, 2.75) is 6.92 Å². The van der Waals surface area contributed by atoms with Gasteiger partial charge in [-0.25, -0.2) is 0 Å². The van der Waals surface area contributed by atoms with Crippen LogP contribution in [-0.4, -0.2) is 29.4 Å². The molecule has 0 aliphatic rings. The molecule has 0 heterocycles. The van der Waals surface area contributed by atoms with E-state index in [-0.39, 0.29) is 5.91 Å². The summed E-state index contributed by atoms with van der Waals surface area (Å²) in [6.07, 6.45) is 0. The summed E-state index contributed by atoms with van der Waals surface area (Å²) >= 11 is 2.60. The number of halogens is 2. The van der Waals surface area contributed by atoms with Gasteiger partial charge in [0.2, 0.25) is 5.91 Å². The molecule has 0 aliphatic heterocycles. The van der Waals surface area contributed by atoms with Crippen LogP contribution < -0.4 is 0 Å². The summed E-state index contributed by atoms with van der Waals surface area (Å²) in [4.78, 5) is 11.6. The van der Waals surface area contributed by atoms with E-state index in [9.17, 15) is 4.79 Å². The largest absolute Gasteiger partial charge is 0.349 e. The third-order valence-corrected chi connectivity index (χ3v) is 0.630. The van der Waals surface area contributed by atoms with Crippen LogP contribution in [0.3, 0.4) is 0 Å². The van der Waals surface area contributed by atoms with Crippen molar-refractivity contribution in [3.8, 4) is 0 Å². The first-order valence-corrected chi connectivity index (χ1v) is 10.0. The lowest BCUT2D eigenvalue weighted by molar-refractivity contribution is -0.126. The summed E-state index contributed by atoms with van der Waals surface area (Å²) < 4.78 is 3.58. The van der Waals surface area contributed by atoms with Crippen molar-refractivity contribution in [1.29, 1.82) is 0 Å². The number of hydrogen-bond acceptors (Lipinski definition) is 1. The SMILES string of the molecule is C=II.CC(=O)N(C)C. The lowest BCUT2D eigenvalue weighted by Gasteiger charge is -2.02. The standard InChI is InChI=1S/C4H9NO.CH2I2/c1-4(6)5(2)3;1-3-2/h1-3H3;1H2. The van der Waals surface area contributed by atoms with Crippen LogP contribution in [0.4, 0.5) is 0 Å². The summed E-state index contributed by atoms with van der Waals surface area (Å²) in [5, 5.41) is 0. The number of nitrogens with zero attached hydrogens (tertiary/aromatic N) is 1. The maximum Gasteiger partial charge on any atom is 0.218 e. The average molecular weight is 355 g/mol. The van der Waals surface area contributed by atoms with E-state index < -0.39 is 0 Å². The van der Waals surface area contributed by atoms with E-state index in [1.54, 1.807) is 14.1 Å². The fourth-order valence-corrected chi connectivity index (χ4v) is 0. The third-order valence-electron chi connectivity index (χ3n) is 0.630. The summed E-state index contributed by atoms with van der Waals surface area (Å²) in [6.45, 7) is 1.53. The molecule has 4 heteroatoms. The van der Waals surface area contributed by atoms with Crippen LogP contribution in [0.1, 0.15) is 6.92 Å². The van der Waals surface area contributed by atoms with Gasteiger partial charge >= 0.3 is 0 Å². The summed E-state index contributed by atoms with van der Waals surface area (Å²) in [5.41, 5.74) is 0. The molecule has 0 aromatic carbocycles. The highest BCUT2D eigenvalue weighted by atomic mass is 128. The Bertz CT molecular complexity index is 93.0. The van der Waals surface area contributed by atoms with Crippen LogP contribution in [0.25, 0.3) is 0 Å². The van der Waals surface area contributed by atoms with Gasteiger partial charge in [-0.1, -0.05) is 21.3 Å². The Hall–Kier alpha value is 0.800. The Morgan fingerprint density at radius 1 is 1.67 bits per heavy atom. The molecule has 0 radical (unpaired) electrons. The second-order valence-corrected chi connectivity index (χ2v) is 5.96. The maximum absolute atomic E-state index is 10.1. The molecule has 0 rings (SSSR count). The molecule has 0 spiro atoms. The van der Waals surface area contributed by atoms with Crippen LogP contribution in [0.5, 0.6) is 0 Å². The van der Waals surface area contributed by atoms with Crippen LogP contribution in [-0.2, 0) is 4.79 Å². The second-order valence-electron chi connectivity index (χ2n) is 1.51. The molecule has 9 heavy (non-hydrogen) atoms. The normalized spacial score (nSPS) is 7.11. The van der Waals surface area contributed by atoms with E-state index >= 15 is 0 Å². The van der Waals surface area contributed by atoms with Gasteiger partial charge in [0.25, 0.3) is 0 Å². The van der Waals surface area contributed by atoms with Gasteiger partial charge in [-0.3, -0.25) is 4.79 Å². The number of hydrogen-bond donors (Lipinski definition) is 0. The molecule has 1 amide bonds. The van der Waals surface area contributed by atoms with Gasteiger partial charge < -0.3 is 4.90 Å². The van der Waals surface area contributed by atoms with Gasteiger partial charge in [-0.05, 0) is 18.6 Å². The van der Waals surface area contributed by atoms with E-state index in [0.717, 1.165) is 0 Å². The fourth-order valence-electron chi connectivity index (χ4n) is 0. The van der Waals surface area contributed by atoms with E-state index in [1.807, 2.05) is 0 Å². The van der Waals surface area contributed by atoms with E-state index in [4.69, 9.17) is 0 Å². The predicted molar refractivity (Wildman–Crippen MR) is 59.5 cm³/mol. The number of carbonyl (C=O) groups excluding carboxylic acids is 1. The molecule has 2 nitrogen and oxygen atoms in total. The molecule has 0 unspecified atom stereocenters. The van der Waals surface area contributed by atoms with Crippen molar-refractivity contribution in [1.82, 2.24) is 4.90 Å². The van der Waals surface area contributed by atoms with Crippen molar-refractivity contribution in [2.24, 2.45) is 0 Å². The Labute approximate surface area is 75.9 Å². The predicted octanol–water partition coefficient (Wildman–Crippen LogP) is 1.83. The zero-order chi connectivity index (χ0) is 7.86. The number of rotatable bonds is 0. The summed E-state index contributed by atoms with van der Waals surface area (Å²) in [7, 11) is 3.45. The molecule has 0 saturated heterocycles. The lowest BCUT2D eigenvalue weighted by atomic mass is 10.7. The van der Waals surface area contributed by atoms with Crippen molar-refractivity contribution in [2.75, 3.05) is 14.1 Å². The van der Waals surface area contributed by atoms with Crippen LogP contribution in [0.2, 0.25) is 0 Å². The second kappa shape index (κ2) is 8.80. The maximum atomic E-state index is 10.1. The van der Waals surface area contributed by atoms with Gasteiger partial charge in [0.15, 0.2) is 0 Å². The van der Waals surface area contributed by atoms with Gasteiger partial charge in [-0.2, -0.15) is 0 Å². The van der Waals surface area contributed by atoms with Gasteiger partial charge in [-0.15, -0.1) is 0 Å². The molecule has 0 N–H and O–H groups in total. The van der Waals surface area contributed by atoms with Crippen molar-refractivity contribution in [3.05, 3.63) is 0 Å². The zero-order valence-electron chi connectivity index (χ0n) is 5.82. The van der Waals surface area contributed by atoms with Gasteiger partial charge in [0, 0.05) is 21.0 Å². The third kappa shape index (κ3) is 17.7. The minimum atomic E-state index is 0.0926. The van der Waals surface area contributed by atoms with Crippen LogP contribution >= 0.6 is 35.4 Å². The van der Waals surface area contributed by atoms with Gasteiger partial charge in [0.1, 0.15) is 0 Å². The molecule has 0 fully saturated rings. The first-order chi connectivity index (χ1) is 4.06. The van der Waals surface area contributed by atoms with E-state index in [1.165, 1.54) is 11.8 Å². The minimum Gasteiger partial charge on any atom is -0.349 e. The molecule has 0 aliphatic carbocycles. The molecular weight excluding hydrogens is 344 g/mol. The molecule has 0 bridgehead atoms. The van der Waals surface area contributed by atoms with Crippen molar-refractivity contribution >= 4 is 45.8 Å². The average Bonchev–Trinajstić information content (AvgIpc) is 1.68. The Morgan fingerprint density at radius 3 is 1.78 bits per heavy atom. The Balaban J connectivity index is 0. The van der Waals surface area contributed by atoms with E-state index in [0.29, 0.717) is 16.8 Å². The van der Waals surface area contributed by atoms with E-state index in [2.05, 4.69) is 23.1 Å². The monoisotopic (exact) mass is 355 g/mol. The fraction of sp³-hybridized carbons (Fsp3) is 0.600. The molecule has 0 aromatic rings. The topological polar surface area (TPSA) is 20.3 Å². The first-order valence-electron chi connectivity index (χ1n) is 2.23. The minimum absolute atomic E-state index is 0.0926. The summed E-state index contributed by atoms with van der Waals surface area (Å²) in [5.74, 6) is 0.0926. The lowest BCUT2D eigenvalue weighted by Crippen LogP contribution is -2.17. The van der Waals surface area contributed by atoms with Crippen molar-refractivity contribution in [3.63, 3.8) is 0 Å².